The molecule has 12 heteroatoms. The number of amides is 2. The molecule has 218 valence electrons. The Bertz CT molecular complexity index is 1550. The zero-order valence-corrected chi connectivity index (χ0v) is 23.2. The highest BCUT2D eigenvalue weighted by molar-refractivity contribution is 6.30. The molecular weight excluding hydrogens is 574 g/mol. The van der Waals surface area contributed by atoms with Crippen LogP contribution in [0, 0.1) is 29.9 Å². The van der Waals surface area contributed by atoms with E-state index in [1.807, 2.05) is 6.07 Å². The minimum atomic E-state index is -2.92. The van der Waals surface area contributed by atoms with E-state index < -0.39 is 60.3 Å². The van der Waals surface area contributed by atoms with Gasteiger partial charge in [-0.15, -0.1) is 0 Å². The summed E-state index contributed by atoms with van der Waals surface area (Å²) in [4.78, 5) is 35.4. The van der Waals surface area contributed by atoms with E-state index in [9.17, 15) is 32.4 Å². The Morgan fingerprint density at radius 3 is 2.50 bits per heavy atom. The third-order valence-corrected chi connectivity index (χ3v) is 7.77. The van der Waals surface area contributed by atoms with Crippen LogP contribution < -0.4 is 15.1 Å². The molecule has 0 spiro atoms. The Kier molecular flexibility index (Phi) is 8.10. The van der Waals surface area contributed by atoms with Crippen molar-refractivity contribution in [1.82, 2.24) is 10.3 Å². The molecule has 1 aliphatic heterocycles. The van der Waals surface area contributed by atoms with Gasteiger partial charge in [0.05, 0.1) is 17.3 Å². The molecule has 42 heavy (non-hydrogen) atoms. The summed E-state index contributed by atoms with van der Waals surface area (Å²) in [7, 11) is 0. The summed E-state index contributed by atoms with van der Waals surface area (Å²) in [5.74, 6) is -5.95. The van der Waals surface area contributed by atoms with Gasteiger partial charge in [0.15, 0.2) is 0 Å². The third kappa shape index (κ3) is 6.04. The molecule has 1 saturated heterocycles. The summed E-state index contributed by atoms with van der Waals surface area (Å²) in [6, 6.07) is 8.99. The highest BCUT2D eigenvalue weighted by Crippen LogP contribution is 2.39. The summed E-state index contributed by atoms with van der Waals surface area (Å²) >= 11 is 6.16. The van der Waals surface area contributed by atoms with Crippen LogP contribution in [-0.2, 0) is 9.59 Å². The van der Waals surface area contributed by atoms with Crippen LogP contribution in [0.25, 0.3) is 0 Å². The lowest BCUT2D eigenvalue weighted by Crippen LogP contribution is -2.56. The predicted molar refractivity (Wildman–Crippen MR) is 148 cm³/mol. The van der Waals surface area contributed by atoms with Crippen LogP contribution in [0.1, 0.15) is 48.4 Å². The van der Waals surface area contributed by atoms with Gasteiger partial charge in [-0.05, 0) is 67.3 Å². The molecule has 1 N–H and O–H groups in total. The van der Waals surface area contributed by atoms with Crippen molar-refractivity contribution in [2.75, 3.05) is 16.3 Å². The summed E-state index contributed by atoms with van der Waals surface area (Å²) in [6.07, 6.45) is 1.20. The molecule has 3 aromatic rings. The number of carbonyl (C=O) groups excluding carboxylic acids is 2. The van der Waals surface area contributed by atoms with Crippen molar-refractivity contribution < 1.29 is 27.2 Å². The van der Waals surface area contributed by atoms with Crippen molar-refractivity contribution in [3.8, 4) is 6.07 Å². The van der Waals surface area contributed by atoms with Gasteiger partial charge in [0.2, 0.25) is 5.91 Å². The Hall–Kier alpha value is -4.17. The fourth-order valence-corrected chi connectivity index (χ4v) is 5.80. The van der Waals surface area contributed by atoms with Crippen LogP contribution in [0.5, 0.6) is 0 Å². The van der Waals surface area contributed by atoms with Gasteiger partial charge >= 0.3 is 0 Å². The molecule has 2 aromatic carbocycles. The summed E-state index contributed by atoms with van der Waals surface area (Å²) in [5.41, 5.74) is 0.906. The number of alkyl halides is 2. The van der Waals surface area contributed by atoms with Crippen molar-refractivity contribution in [2.24, 2.45) is 0 Å². The second-order valence-electron chi connectivity index (χ2n) is 10.6. The van der Waals surface area contributed by atoms with Gasteiger partial charge in [0.25, 0.3) is 11.8 Å². The lowest BCUT2D eigenvalue weighted by Gasteiger charge is -2.39. The van der Waals surface area contributed by atoms with Crippen LogP contribution in [0.4, 0.5) is 29.1 Å². The molecule has 0 radical (unpaired) electrons. The lowest BCUT2D eigenvalue weighted by atomic mass is 9.87. The number of halogens is 5. The van der Waals surface area contributed by atoms with Gasteiger partial charge in [-0.3, -0.25) is 14.5 Å². The number of nitriles is 1. The van der Waals surface area contributed by atoms with E-state index in [-0.39, 0.29) is 5.69 Å². The molecule has 1 aliphatic carbocycles. The second-order valence-corrected chi connectivity index (χ2v) is 11.0. The number of benzene rings is 2. The number of hydrogen-bond acceptors (Lipinski definition) is 5. The summed E-state index contributed by atoms with van der Waals surface area (Å²) in [5, 5.41) is 12.3. The van der Waals surface area contributed by atoms with Crippen LogP contribution in [0.15, 0.2) is 54.7 Å². The Morgan fingerprint density at radius 2 is 1.86 bits per heavy atom. The van der Waals surface area contributed by atoms with Crippen molar-refractivity contribution in [3.63, 3.8) is 0 Å². The molecule has 1 aromatic heterocycles. The average Bonchev–Trinajstić information content (AvgIpc) is 3.40. The number of hydrogen-bond donors (Lipinski definition) is 1. The van der Waals surface area contributed by atoms with Gasteiger partial charge < -0.3 is 10.2 Å². The molecule has 2 atom stereocenters. The first-order valence-corrected chi connectivity index (χ1v) is 13.7. The first-order valence-electron chi connectivity index (χ1n) is 13.3. The van der Waals surface area contributed by atoms with Crippen LogP contribution in [-0.4, -0.2) is 41.3 Å². The molecule has 2 unspecified atom stereocenters. The Labute approximate surface area is 244 Å². The SMILES string of the molecule is Cc1cc(Cl)ccc1C(C(=O)NC1CC(F)(F)C1)N(C(=O)C1CCCN1c1cc(C#N)ccn1)c1cc(F)cc(F)c1. The zero-order valence-electron chi connectivity index (χ0n) is 22.5. The topological polar surface area (TPSA) is 89.3 Å². The van der Waals surface area contributed by atoms with Crippen molar-refractivity contribution in [1.29, 1.82) is 5.26 Å². The second kappa shape index (κ2) is 11.6. The van der Waals surface area contributed by atoms with E-state index >= 15 is 0 Å². The van der Waals surface area contributed by atoms with Gasteiger partial charge in [0, 0.05) is 42.7 Å². The molecule has 1 saturated carbocycles. The first kappa shape index (κ1) is 29.3. The standard InChI is InChI=1S/C30H26ClF4N5O2/c1-17-9-19(31)4-5-24(17)27(28(41)38-22-14-30(34,35)15-22)40(23-12-20(32)11-21(33)13-23)29(42)25-3-2-8-39(25)26-10-18(16-36)6-7-37-26/h4-7,9-13,22,25,27H,2-3,8,14-15H2,1H3,(H,38,41). The van der Waals surface area contributed by atoms with Crippen LogP contribution in [0.3, 0.4) is 0 Å². The zero-order chi connectivity index (χ0) is 30.2. The van der Waals surface area contributed by atoms with E-state index in [1.165, 1.54) is 30.5 Å². The van der Waals surface area contributed by atoms with Gasteiger partial charge in [-0.2, -0.15) is 5.26 Å². The normalized spacial score (nSPS) is 18.6. The maximum absolute atomic E-state index is 14.6. The van der Waals surface area contributed by atoms with E-state index in [2.05, 4.69) is 10.3 Å². The lowest BCUT2D eigenvalue weighted by molar-refractivity contribution is -0.133. The van der Waals surface area contributed by atoms with Gasteiger partial charge in [-0.1, -0.05) is 17.7 Å². The monoisotopic (exact) mass is 599 g/mol. The van der Waals surface area contributed by atoms with Crippen LogP contribution >= 0.6 is 11.6 Å². The highest BCUT2D eigenvalue weighted by Gasteiger charge is 2.48. The molecule has 0 bridgehead atoms. The molecule has 7 nitrogen and oxygen atoms in total. The summed E-state index contributed by atoms with van der Waals surface area (Å²) < 4.78 is 56.4. The molecule has 5 rings (SSSR count). The number of aromatic nitrogens is 1. The Morgan fingerprint density at radius 1 is 1.14 bits per heavy atom. The van der Waals surface area contributed by atoms with E-state index in [4.69, 9.17) is 11.6 Å². The Balaban J connectivity index is 1.62. The molecule has 2 heterocycles. The largest absolute Gasteiger partial charge is 0.351 e. The number of carbonyl (C=O) groups is 2. The molecule has 2 amide bonds. The minimum absolute atomic E-state index is 0.225. The average molecular weight is 600 g/mol. The maximum atomic E-state index is 14.6. The number of nitrogens with one attached hydrogen (secondary N) is 1. The molecular formula is C30H26ClF4N5O2. The number of rotatable bonds is 7. The van der Waals surface area contributed by atoms with E-state index in [0.717, 1.165) is 17.0 Å². The van der Waals surface area contributed by atoms with Crippen molar-refractivity contribution in [2.45, 2.75) is 56.7 Å². The number of anilines is 2. The van der Waals surface area contributed by atoms with Crippen molar-refractivity contribution >= 4 is 34.9 Å². The fourth-order valence-electron chi connectivity index (χ4n) is 5.57. The minimum Gasteiger partial charge on any atom is -0.351 e. The van der Waals surface area contributed by atoms with Gasteiger partial charge in [0.1, 0.15) is 29.5 Å². The fraction of sp³-hybridized carbons (Fsp3) is 0.333. The third-order valence-electron chi connectivity index (χ3n) is 7.54. The van der Waals surface area contributed by atoms with E-state index in [1.54, 1.807) is 17.9 Å². The molecule has 2 aliphatic rings. The highest BCUT2D eigenvalue weighted by atomic mass is 35.5. The maximum Gasteiger partial charge on any atom is 0.252 e. The predicted octanol–water partition coefficient (Wildman–Crippen LogP) is 5.85. The van der Waals surface area contributed by atoms with Crippen LogP contribution in [0.2, 0.25) is 5.02 Å². The summed E-state index contributed by atoms with van der Waals surface area (Å²) in [6.45, 7) is 2.06. The molecule has 2 fully saturated rings. The van der Waals surface area contributed by atoms with Gasteiger partial charge in [-0.25, -0.2) is 22.5 Å². The first-order chi connectivity index (χ1) is 20.0. The van der Waals surface area contributed by atoms with Crippen molar-refractivity contribution in [3.05, 3.63) is 88.1 Å². The number of pyridine rings is 1. The smallest absolute Gasteiger partial charge is 0.252 e. The number of aryl methyl sites for hydroxylation is 1. The van der Waals surface area contributed by atoms with E-state index in [0.29, 0.717) is 53.0 Å². The number of nitrogens with zero attached hydrogens (tertiary/aromatic N) is 4. The quantitative estimate of drug-likeness (QED) is 0.344.